The highest BCUT2D eigenvalue weighted by molar-refractivity contribution is 6.06. The smallest absolute Gasteiger partial charge is 0.338 e. The largest absolute Gasteiger partial charge is 0.489 e. The van der Waals surface area contributed by atoms with E-state index in [-0.39, 0.29) is 17.9 Å². The van der Waals surface area contributed by atoms with E-state index >= 15 is 0 Å². The number of carbonyl (C=O) groups is 2. The number of aromatic nitrogens is 1. The maximum atomic E-state index is 12.0. The molecule has 0 spiro atoms. The van der Waals surface area contributed by atoms with Gasteiger partial charge in [0, 0.05) is 5.71 Å². The van der Waals surface area contributed by atoms with Gasteiger partial charge in [0.15, 0.2) is 12.4 Å². The molecule has 0 unspecified atom stereocenters. The molecule has 8 nitrogen and oxygen atoms in total. The Balaban J connectivity index is 1.91. The van der Waals surface area contributed by atoms with Crippen LogP contribution in [0.1, 0.15) is 34.3 Å². The average Bonchev–Trinajstić information content (AvgIpc) is 2.96. The zero-order valence-corrected chi connectivity index (χ0v) is 15.2. The first kappa shape index (κ1) is 19.8. The molecule has 27 heavy (non-hydrogen) atoms. The molecule has 8 heteroatoms. The van der Waals surface area contributed by atoms with Crippen molar-refractivity contribution in [3.8, 4) is 11.8 Å². The van der Waals surface area contributed by atoms with Crippen LogP contribution in [0.4, 0.5) is 0 Å². The maximum absolute atomic E-state index is 12.0. The summed E-state index contributed by atoms with van der Waals surface area (Å²) in [5.74, 6) is -1.28. The van der Waals surface area contributed by atoms with Crippen molar-refractivity contribution in [1.29, 1.82) is 10.7 Å². The Labute approximate surface area is 156 Å². The third-order valence-electron chi connectivity index (χ3n) is 3.88. The summed E-state index contributed by atoms with van der Waals surface area (Å²) in [6, 6.07) is 7.95. The summed E-state index contributed by atoms with van der Waals surface area (Å²) in [6.07, 6.45) is 0. The van der Waals surface area contributed by atoms with Gasteiger partial charge in [-0.05, 0) is 45.0 Å². The molecule has 0 saturated heterocycles. The van der Waals surface area contributed by atoms with Crippen LogP contribution >= 0.6 is 0 Å². The molecule has 0 fully saturated rings. The minimum absolute atomic E-state index is 0.0849. The molecule has 1 aromatic heterocycles. The van der Waals surface area contributed by atoms with Crippen molar-refractivity contribution in [1.82, 2.24) is 5.16 Å². The number of benzene rings is 1. The van der Waals surface area contributed by atoms with E-state index in [0.29, 0.717) is 11.5 Å². The number of Topliss-reactive ketones (excluding diaryl/α,β-unsaturated/α-hetero) is 1. The first-order valence-corrected chi connectivity index (χ1v) is 8.12. The molecule has 0 aliphatic carbocycles. The number of ether oxygens (including phenoxy) is 2. The Bertz CT molecular complexity index is 874. The SMILES string of the molecule is CC(=N)[C@@H](C#N)C(=O)COC(=O)c1ccc(OCc2c(C)noc2C)cc1. The lowest BCUT2D eigenvalue weighted by Gasteiger charge is -2.09. The Morgan fingerprint density at radius 3 is 2.48 bits per heavy atom. The van der Waals surface area contributed by atoms with E-state index in [1.165, 1.54) is 19.1 Å². The molecule has 0 amide bonds. The van der Waals surface area contributed by atoms with E-state index in [4.69, 9.17) is 24.7 Å². The Kier molecular flexibility index (Phi) is 6.44. The second kappa shape index (κ2) is 8.76. The van der Waals surface area contributed by atoms with Gasteiger partial charge >= 0.3 is 5.97 Å². The topological polar surface area (TPSA) is 126 Å². The van der Waals surface area contributed by atoms with E-state index in [1.54, 1.807) is 25.1 Å². The van der Waals surface area contributed by atoms with E-state index in [2.05, 4.69) is 5.16 Å². The number of carbonyl (C=O) groups excluding carboxylic acids is 2. The lowest BCUT2D eigenvalue weighted by molar-refractivity contribution is -0.122. The van der Waals surface area contributed by atoms with Crippen molar-refractivity contribution < 1.29 is 23.6 Å². The van der Waals surface area contributed by atoms with Crippen LogP contribution in [0.2, 0.25) is 0 Å². The predicted octanol–water partition coefficient (Wildman–Crippen LogP) is 2.78. The molecule has 140 valence electrons. The molecule has 0 aliphatic heterocycles. The zero-order valence-electron chi connectivity index (χ0n) is 15.2. The van der Waals surface area contributed by atoms with Crippen LogP contribution in [0.5, 0.6) is 5.75 Å². The first-order chi connectivity index (χ1) is 12.8. The van der Waals surface area contributed by atoms with Crippen LogP contribution in [-0.4, -0.2) is 29.2 Å². The molecule has 2 rings (SSSR count). The van der Waals surface area contributed by atoms with Gasteiger partial charge in [0.1, 0.15) is 24.0 Å². The molecule has 1 aromatic carbocycles. The number of nitrogens with one attached hydrogen (secondary N) is 1. The normalized spacial score (nSPS) is 11.3. The summed E-state index contributed by atoms with van der Waals surface area (Å²) in [7, 11) is 0. The molecule has 0 radical (unpaired) electrons. The number of hydrogen-bond donors (Lipinski definition) is 1. The highest BCUT2D eigenvalue weighted by atomic mass is 16.5. The van der Waals surface area contributed by atoms with Crippen molar-refractivity contribution in [2.45, 2.75) is 27.4 Å². The number of esters is 1. The summed E-state index contributed by atoms with van der Waals surface area (Å²) >= 11 is 0. The van der Waals surface area contributed by atoms with Gasteiger partial charge in [-0.15, -0.1) is 0 Å². The van der Waals surface area contributed by atoms with Crippen molar-refractivity contribution in [3.05, 3.63) is 46.8 Å². The van der Waals surface area contributed by atoms with Gasteiger partial charge in [0.2, 0.25) is 0 Å². The van der Waals surface area contributed by atoms with E-state index < -0.39 is 24.3 Å². The zero-order chi connectivity index (χ0) is 20.0. The second-order valence-corrected chi connectivity index (χ2v) is 5.90. The van der Waals surface area contributed by atoms with Crippen molar-refractivity contribution >= 4 is 17.5 Å². The molecule has 0 saturated carbocycles. The molecular weight excluding hydrogens is 350 g/mol. The van der Waals surface area contributed by atoms with Crippen LogP contribution in [0.15, 0.2) is 28.8 Å². The quantitative estimate of drug-likeness (QED) is 0.560. The number of aryl methyl sites for hydroxylation is 2. The first-order valence-electron chi connectivity index (χ1n) is 8.12. The lowest BCUT2D eigenvalue weighted by atomic mass is 10.0. The van der Waals surface area contributed by atoms with Crippen LogP contribution in [0.3, 0.4) is 0 Å². The minimum Gasteiger partial charge on any atom is -0.489 e. The minimum atomic E-state index is -1.20. The van der Waals surface area contributed by atoms with Gasteiger partial charge in [0.05, 0.1) is 22.9 Å². The van der Waals surface area contributed by atoms with Gasteiger partial charge in [-0.3, -0.25) is 4.79 Å². The van der Waals surface area contributed by atoms with Gasteiger partial charge in [-0.25, -0.2) is 4.79 Å². The van der Waals surface area contributed by atoms with Gasteiger partial charge < -0.3 is 19.4 Å². The van der Waals surface area contributed by atoms with Crippen molar-refractivity contribution in [3.63, 3.8) is 0 Å². The Morgan fingerprint density at radius 2 is 1.96 bits per heavy atom. The predicted molar refractivity (Wildman–Crippen MR) is 94.5 cm³/mol. The molecule has 1 N–H and O–H groups in total. The standard InChI is InChI=1S/C19H19N3O5/c1-11(21)16(8-20)18(23)10-26-19(24)14-4-6-15(7-5-14)25-9-17-12(2)22-27-13(17)3/h4-7,16,21H,9-10H2,1-3H3/t16-/m1/s1. The Morgan fingerprint density at radius 1 is 1.30 bits per heavy atom. The second-order valence-electron chi connectivity index (χ2n) is 5.90. The molecule has 0 bridgehead atoms. The molecule has 2 aromatic rings. The number of hydrogen-bond acceptors (Lipinski definition) is 8. The summed E-state index contributed by atoms with van der Waals surface area (Å²) in [5.41, 5.74) is 1.78. The third kappa shape index (κ3) is 5.01. The van der Waals surface area contributed by atoms with E-state index in [1.807, 2.05) is 6.92 Å². The van der Waals surface area contributed by atoms with E-state index in [0.717, 1.165) is 11.3 Å². The molecule has 0 aliphatic rings. The summed E-state index contributed by atoms with van der Waals surface area (Å²) in [5, 5.41) is 20.1. The van der Waals surface area contributed by atoms with Gasteiger partial charge in [0.25, 0.3) is 0 Å². The lowest BCUT2D eigenvalue weighted by Crippen LogP contribution is -2.25. The number of nitrogens with zero attached hydrogens (tertiary/aromatic N) is 2. The third-order valence-corrected chi connectivity index (χ3v) is 3.88. The molecule has 1 atom stereocenters. The number of ketones is 1. The summed E-state index contributed by atoms with van der Waals surface area (Å²) in [6.45, 7) is 4.72. The fourth-order valence-corrected chi connectivity index (χ4v) is 2.26. The fourth-order valence-electron chi connectivity index (χ4n) is 2.26. The molecular formula is C19H19N3O5. The van der Waals surface area contributed by atoms with Crippen molar-refractivity contribution in [2.75, 3.05) is 6.61 Å². The maximum Gasteiger partial charge on any atom is 0.338 e. The van der Waals surface area contributed by atoms with Crippen LogP contribution in [0.25, 0.3) is 0 Å². The van der Waals surface area contributed by atoms with Gasteiger partial charge in [-0.2, -0.15) is 5.26 Å². The fraction of sp³-hybridized carbons (Fsp3) is 0.316. The highest BCUT2D eigenvalue weighted by Gasteiger charge is 2.21. The average molecular weight is 369 g/mol. The van der Waals surface area contributed by atoms with Crippen LogP contribution in [0, 0.1) is 36.5 Å². The number of nitriles is 1. The monoisotopic (exact) mass is 369 g/mol. The van der Waals surface area contributed by atoms with Gasteiger partial charge in [-0.1, -0.05) is 5.16 Å². The molecule has 1 heterocycles. The van der Waals surface area contributed by atoms with Crippen LogP contribution < -0.4 is 4.74 Å². The van der Waals surface area contributed by atoms with Crippen LogP contribution in [-0.2, 0) is 16.1 Å². The summed E-state index contributed by atoms with van der Waals surface area (Å²) < 4.78 is 15.6. The van der Waals surface area contributed by atoms with Crippen molar-refractivity contribution in [2.24, 2.45) is 5.92 Å². The van der Waals surface area contributed by atoms with E-state index in [9.17, 15) is 9.59 Å². The summed E-state index contributed by atoms with van der Waals surface area (Å²) in [4.78, 5) is 23.8. The number of rotatable bonds is 8. The Hall–Kier alpha value is -3.47. The highest BCUT2D eigenvalue weighted by Crippen LogP contribution is 2.18.